The first-order valence-corrected chi connectivity index (χ1v) is 7.08. The molecule has 0 unspecified atom stereocenters. The van der Waals surface area contributed by atoms with E-state index < -0.39 is 0 Å². The summed E-state index contributed by atoms with van der Waals surface area (Å²) in [6, 6.07) is 0. The molecule has 1 heterocycles. The second-order valence-electron chi connectivity index (χ2n) is 5.45. The van der Waals surface area contributed by atoms with Gasteiger partial charge in [-0.3, -0.25) is 0 Å². The number of nitrogens with zero attached hydrogens (tertiary/aromatic N) is 1. The number of aromatic nitrogens is 1. The fourth-order valence-corrected chi connectivity index (χ4v) is 3.27. The van der Waals surface area contributed by atoms with E-state index in [0.29, 0.717) is 5.92 Å². The molecule has 0 saturated heterocycles. The van der Waals surface area contributed by atoms with Gasteiger partial charge in [-0.15, -0.1) is 11.3 Å². The van der Waals surface area contributed by atoms with Crippen molar-refractivity contribution in [3.63, 3.8) is 0 Å². The fraction of sp³-hybridized carbons (Fsp3) is 0.769. The third kappa shape index (κ3) is 2.46. The van der Waals surface area contributed by atoms with Gasteiger partial charge in [-0.1, -0.05) is 33.1 Å². The summed E-state index contributed by atoms with van der Waals surface area (Å²) < 4.78 is 0. The highest BCUT2D eigenvalue weighted by atomic mass is 32.1. The quantitative estimate of drug-likeness (QED) is 0.876. The van der Waals surface area contributed by atoms with E-state index in [4.69, 9.17) is 4.98 Å². The maximum absolute atomic E-state index is 9.33. The van der Waals surface area contributed by atoms with Crippen LogP contribution in [-0.4, -0.2) is 16.7 Å². The predicted octanol–water partition coefficient (Wildman–Crippen LogP) is 3.46. The lowest BCUT2D eigenvalue weighted by atomic mass is 9.87. The van der Waals surface area contributed by atoms with E-state index in [9.17, 15) is 5.11 Å². The first-order chi connectivity index (χ1) is 7.63. The summed E-state index contributed by atoms with van der Waals surface area (Å²) in [5.41, 5.74) is 1.08. The number of thiazole rings is 1. The van der Waals surface area contributed by atoms with Gasteiger partial charge in [-0.25, -0.2) is 4.98 Å². The van der Waals surface area contributed by atoms with Gasteiger partial charge < -0.3 is 5.11 Å². The lowest BCUT2D eigenvalue weighted by Crippen LogP contribution is -2.22. The molecular weight excluding hydrogens is 218 g/mol. The molecule has 1 aromatic heterocycles. The van der Waals surface area contributed by atoms with Crippen LogP contribution < -0.4 is 0 Å². The van der Waals surface area contributed by atoms with Gasteiger partial charge in [0.05, 0.1) is 12.3 Å². The summed E-state index contributed by atoms with van der Waals surface area (Å²) in [4.78, 5) is 4.73. The summed E-state index contributed by atoms with van der Waals surface area (Å²) in [5, 5.41) is 12.6. The molecule has 1 fully saturated rings. The van der Waals surface area contributed by atoms with E-state index in [-0.39, 0.29) is 12.0 Å². The Hall–Kier alpha value is -0.410. The molecule has 0 spiro atoms. The van der Waals surface area contributed by atoms with Gasteiger partial charge in [-0.2, -0.15) is 0 Å². The Morgan fingerprint density at radius 2 is 2.06 bits per heavy atom. The molecule has 0 radical (unpaired) electrons. The number of hydrogen-bond acceptors (Lipinski definition) is 3. The minimum absolute atomic E-state index is 0.171. The Morgan fingerprint density at radius 1 is 1.38 bits per heavy atom. The zero-order valence-electron chi connectivity index (χ0n) is 10.2. The Morgan fingerprint density at radius 3 is 2.69 bits per heavy atom. The molecule has 1 aliphatic carbocycles. The lowest BCUT2D eigenvalue weighted by Gasteiger charge is -2.20. The average Bonchev–Trinajstić information content (AvgIpc) is 2.80. The van der Waals surface area contributed by atoms with Crippen molar-refractivity contribution in [1.82, 2.24) is 4.98 Å². The summed E-state index contributed by atoms with van der Waals surface area (Å²) in [6.45, 7) is 4.28. The number of hydrogen-bond donors (Lipinski definition) is 1. The van der Waals surface area contributed by atoms with Crippen LogP contribution in [0.3, 0.4) is 0 Å². The number of aliphatic hydroxyl groups is 1. The molecule has 16 heavy (non-hydrogen) atoms. The second kappa shape index (κ2) is 4.84. The van der Waals surface area contributed by atoms with Crippen molar-refractivity contribution >= 4 is 11.3 Å². The van der Waals surface area contributed by atoms with Crippen LogP contribution in [0.15, 0.2) is 5.38 Å². The molecule has 2 nitrogen and oxygen atoms in total. The van der Waals surface area contributed by atoms with Crippen LogP contribution in [-0.2, 0) is 5.41 Å². The van der Waals surface area contributed by atoms with Gasteiger partial charge in [0.25, 0.3) is 0 Å². The van der Waals surface area contributed by atoms with E-state index >= 15 is 0 Å². The zero-order valence-corrected chi connectivity index (χ0v) is 11.0. The molecule has 1 aliphatic rings. The molecule has 0 amide bonds. The Balaban J connectivity index is 2.12. The number of aliphatic hydroxyl groups excluding tert-OH is 1. The van der Waals surface area contributed by atoms with Gasteiger partial charge in [-0.05, 0) is 12.8 Å². The maximum atomic E-state index is 9.33. The highest BCUT2D eigenvalue weighted by Crippen LogP contribution is 2.35. The molecule has 1 aromatic rings. The monoisotopic (exact) mass is 239 g/mol. The van der Waals surface area contributed by atoms with Crippen molar-refractivity contribution in [3.8, 4) is 0 Å². The van der Waals surface area contributed by atoms with Crippen molar-refractivity contribution in [2.24, 2.45) is 0 Å². The fourth-order valence-electron chi connectivity index (χ4n) is 2.25. The minimum atomic E-state index is -0.183. The molecule has 3 heteroatoms. The van der Waals surface area contributed by atoms with Crippen molar-refractivity contribution in [1.29, 1.82) is 0 Å². The third-order valence-corrected chi connectivity index (χ3v) is 4.75. The molecule has 2 rings (SSSR count). The highest BCUT2D eigenvalue weighted by Gasteiger charge is 2.25. The first kappa shape index (κ1) is 12.1. The minimum Gasteiger partial charge on any atom is -0.395 e. The largest absolute Gasteiger partial charge is 0.395 e. The van der Waals surface area contributed by atoms with E-state index in [1.807, 2.05) is 0 Å². The Kier molecular flexibility index (Phi) is 3.65. The molecule has 1 saturated carbocycles. The normalized spacial score (nSPS) is 18.9. The molecule has 0 aliphatic heterocycles. The van der Waals surface area contributed by atoms with Gasteiger partial charge >= 0.3 is 0 Å². The third-order valence-electron chi connectivity index (χ3n) is 3.52. The molecule has 0 aromatic carbocycles. The molecule has 1 N–H and O–H groups in total. The van der Waals surface area contributed by atoms with Crippen LogP contribution in [0.4, 0.5) is 0 Å². The van der Waals surface area contributed by atoms with Gasteiger partial charge in [0, 0.05) is 16.7 Å². The van der Waals surface area contributed by atoms with E-state index in [2.05, 4.69) is 19.2 Å². The Bertz CT molecular complexity index is 339. The first-order valence-electron chi connectivity index (χ1n) is 6.20. The molecule has 90 valence electrons. The van der Waals surface area contributed by atoms with Crippen molar-refractivity contribution in [2.45, 2.75) is 57.3 Å². The van der Waals surface area contributed by atoms with E-state index in [1.54, 1.807) is 11.3 Å². The lowest BCUT2D eigenvalue weighted by molar-refractivity contribution is 0.218. The molecular formula is C13H21NOS. The highest BCUT2D eigenvalue weighted by molar-refractivity contribution is 7.09. The average molecular weight is 239 g/mol. The van der Waals surface area contributed by atoms with Crippen LogP contribution in [0.25, 0.3) is 0 Å². The summed E-state index contributed by atoms with van der Waals surface area (Å²) >= 11 is 1.70. The van der Waals surface area contributed by atoms with Crippen molar-refractivity contribution < 1.29 is 5.11 Å². The van der Waals surface area contributed by atoms with Gasteiger partial charge in [0.1, 0.15) is 5.01 Å². The van der Waals surface area contributed by atoms with Crippen molar-refractivity contribution in [2.75, 3.05) is 6.61 Å². The summed E-state index contributed by atoms with van der Waals surface area (Å²) in [6.07, 6.45) is 6.67. The van der Waals surface area contributed by atoms with E-state index in [1.165, 1.54) is 37.8 Å². The van der Waals surface area contributed by atoms with Gasteiger partial charge in [0.2, 0.25) is 0 Å². The number of rotatable bonds is 3. The SMILES string of the molecule is CC(C)(CO)c1nc(C2CCCCC2)cs1. The topological polar surface area (TPSA) is 33.1 Å². The molecule has 0 atom stereocenters. The Labute approximate surface area is 102 Å². The van der Waals surface area contributed by atoms with E-state index in [0.717, 1.165) is 5.01 Å². The predicted molar refractivity (Wildman–Crippen MR) is 68.1 cm³/mol. The van der Waals surface area contributed by atoms with Crippen molar-refractivity contribution in [3.05, 3.63) is 16.1 Å². The zero-order chi connectivity index (χ0) is 11.6. The van der Waals surface area contributed by atoms with Crippen LogP contribution in [0.2, 0.25) is 0 Å². The van der Waals surface area contributed by atoms with Crippen LogP contribution in [0.5, 0.6) is 0 Å². The van der Waals surface area contributed by atoms with Crippen LogP contribution >= 0.6 is 11.3 Å². The maximum Gasteiger partial charge on any atom is 0.101 e. The van der Waals surface area contributed by atoms with Gasteiger partial charge in [0.15, 0.2) is 0 Å². The second-order valence-corrected chi connectivity index (χ2v) is 6.31. The summed E-state index contributed by atoms with van der Waals surface area (Å²) in [7, 11) is 0. The summed E-state index contributed by atoms with van der Waals surface area (Å²) in [5.74, 6) is 0.674. The standard InChI is InChI=1S/C13H21NOS/c1-13(2,9-15)12-14-11(8-16-12)10-6-4-3-5-7-10/h8,10,15H,3-7,9H2,1-2H3. The molecule has 0 bridgehead atoms. The van der Waals surface area contributed by atoms with Crippen LogP contribution in [0, 0.1) is 0 Å². The van der Waals surface area contributed by atoms with Crippen LogP contribution in [0.1, 0.15) is 62.6 Å². The smallest absolute Gasteiger partial charge is 0.101 e.